The first-order chi connectivity index (χ1) is 12.9. The average molecular weight is 392 g/mol. The second-order valence-corrected chi connectivity index (χ2v) is 6.26. The summed E-state index contributed by atoms with van der Waals surface area (Å²) >= 11 is 6.21. The van der Waals surface area contributed by atoms with E-state index in [4.69, 9.17) is 25.8 Å². The number of esters is 1. The maximum Gasteiger partial charge on any atom is 0.339 e. The standard InChI is InChI=1S/C20H22ClNO5/c1-5-26-18-15(21)11-14(12-16(18)25-4)20(24)27-17(19(23)22(2)3)13-9-7-6-8-10-13/h6-12,17H,5H2,1-4H3/t17-/m0/s1. The van der Waals surface area contributed by atoms with E-state index in [1.807, 2.05) is 13.0 Å². The first-order valence-corrected chi connectivity index (χ1v) is 8.74. The van der Waals surface area contributed by atoms with Gasteiger partial charge in [0.25, 0.3) is 5.91 Å². The van der Waals surface area contributed by atoms with Crippen LogP contribution in [0, 0.1) is 0 Å². The molecule has 144 valence electrons. The van der Waals surface area contributed by atoms with Gasteiger partial charge in [-0.25, -0.2) is 4.79 Å². The first kappa shape index (κ1) is 20.6. The van der Waals surface area contributed by atoms with Crippen LogP contribution in [0.5, 0.6) is 11.5 Å². The van der Waals surface area contributed by atoms with Crippen molar-refractivity contribution in [1.29, 1.82) is 0 Å². The SMILES string of the molecule is CCOc1c(Cl)cc(C(=O)O[C@H](C(=O)N(C)C)c2ccccc2)cc1OC. The van der Waals surface area contributed by atoms with Crippen LogP contribution >= 0.6 is 11.6 Å². The highest BCUT2D eigenvalue weighted by atomic mass is 35.5. The molecule has 7 heteroatoms. The third-order valence-corrected chi connectivity index (χ3v) is 4.03. The van der Waals surface area contributed by atoms with E-state index in [0.29, 0.717) is 23.7 Å². The van der Waals surface area contributed by atoms with Gasteiger partial charge in [0.1, 0.15) is 0 Å². The summed E-state index contributed by atoms with van der Waals surface area (Å²) in [5, 5.41) is 0.221. The molecular weight excluding hydrogens is 370 g/mol. The van der Waals surface area contributed by atoms with Crippen molar-refractivity contribution in [3.63, 3.8) is 0 Å². The topological polar surface area (TPSA) is 65.1 Å². The Morgan fingerprint density at radius 3 is 2.37 bits per heavy atom. The molecule has 6 nitrogen and oxygen atoms in total. The first-order valence-electron chi connectivity index (χ1n) is 8.36. The third-order valence-electron chi connectivity index (χ3n) is 3.75. The summed E-state index contributed by atoms with van der Waals surface area (Å²) < 4.78 is 16.2. The molecular formula is C20H22ClNO5. The zero-order chi connectivity index (χ0) is 20.0. The monoisotopic (exact) mass is 391 g/mol. The van der Waals surface area contributed by atoms with Gasteiger partial charge in [0, 0.05) is 19.7 Å². The summed E-state index contributed by atoms with van der Waals surface area (Å²) in [6.07, 6.45) is -1.06. The van der Waals surface area contributed by atoms with Crippen LogP contribution in [0.15, 0.2) is 42.5 Å². The lowest BCUT2D eigenvalue weighted by Crippen LogP contribution is -2.31. The van der Waals surface area contributed by atoms with Gasteiger partial charge in [-0.3, -0.25) is 4.79 Å². The number of methoxy groups -OCH3 is 1. The number of hydrogen-bond donors (Lipinski definition) is 0. The normalized spacial score (nSPS) is 11.4. The minimum Gasteiger partial charge on any atom is -0.493 e. The molecule has 0 saturated heterocycles. The van der Waals surface area contributed by atoms with Gasteiger partial charge in [-0.05, 0) is 19.1 Å². The molecule has 1 atom stereocenters. The molecule has 2 rings (SSSR count). The summed E-state index contributed by atoms with van der Waals surface area (Å²) in [6, 6.07) is 11.7. The second kappa shape index (κ2) is 9.28. The zero-order valence-corrected chi connectivity index (χ0v) is 16.4. The highest BCUT2D eigenvalue weighted by Gasteiger charge is 2.28. The molecule has 0 bridgehead atoms. The van der Waals surface area contributed by atoms with E-state index in [1.165, 1.54) is 24.1 Å². The Labute approximate surface area is 163 Å². The quantitative estimate of drug-likeness (QED) is 0.673. The Balaban J connectivity index is 2.35. The Morgan fingerprint density at radius 2 is 1.81 bits per heavy atom. The van der Waals surface area contributed by atoms with Crippen LogP contribution < -0.4 is 9.47 Å². The summed E-state index contributed by atoms with van der Waals surface area (Å²) in [5.41, 5.74) is 0.737. The van der Waals surface area contributed by atoms with E-state index in [-0.39, 0.29) is 16.5 Å². The third kappa shape index (κ3) is 4.92. The minimum absolute atomic E-state index is 0.160. The number of rotatable bonds is 7. The van der Waals surface area contributed by atoms with E-state index in [0.717, 1.165) is 0 Å². The van der Waals surface area contributed by atoms with Crippen LogP contribution in [0.3, 0.4) is 0 Å². The summed E-state index contributed by atoms with van der Waals surface area (Å²) in [4.78, 5) is 26.6. The number of halogens is 1. The average Bonchev–Trinajstić information content (AvgIpc) is 2.67. The summed E-state index contributed by atoms with van der Waals surface area (Å²) in [5.74, 6) is -0.380. The molecule has 1 amide bonds. The number of likely N-dealkylation sites (N-methyl/N-ethyl adjacent to an activating group) is 1. The van der Waals surface area contributed by atoms with Gasteiger partial charge >= 0.3 is 5.97 Å². The lowest BCUT2D eigenvalue weighted by atomic mass is 10.1. The van der Waals surface area contributed by atoms with E-state index >= 15 is 0 Å². The molecule has 0 spiro atoms. The van der Waals surface area contributed by atoms with Gasteiger partial charge in [0.05, 0.1) is 24.3 Å². The van der Waals surface area contributed by atoms with E-state index in [2.05, 4.69) is 0 Å². The Hall–Kier alpha value is -2.73. The van der Waals surface area contributed by atoms with Crippen molar-refractivity contribution in [3.05, 3.63) is 58.6 Å². The Kier molecular flexibility index (Phi) is 7.07. The number of hydrogen-bond acceptors (Lipinski definition) is 5. The summed E-state index contributed by atoms with van der Waals surface area (Å²) in [6.45, 7) is 2.21. The van der Waals surface area contributed by atoms with Crippen LogP contribution in [-0.4, -0.2) is 44.6 Å². The number of ether oxygens (including phenoxy) is 3. The van der Waals surface area contributed by atoms with Gasteiger partial charge in [-0.1, -0.05) is 41.9 Å². The van der Waals surface area contributed by atoms with E-state index < -0.39 is 12.1 Å². The molecule has 27 heavy (non-hydrogen) atoms. The fourth-order valence-corrected chi connectivity index (χ4v) is 2.69. The van der Waals surface area contributed by atoms with Crippen LogP contribution in [0.4, 0.5) is 0 Å². The number of carbonyl (C=O) groups is 2. The number of amides is 1. The van der Waals surface area contributed by atoms with Crippen molar-refractivity contribution < 1.29 is 23.8 Å². The number of benzene rings is 2. The minimum atomic E-state index is -1.06. The molecule has 2 aromatic carbocycles. The van der Waals surface area contributed by atoms with Crippen molar-refractivity contribution in [1.82, 2.24) is 4.90 Å². The molecule has 0 heterocycles. The van der Waals surface area contributed by atoms with Crippen LogP contribution in [0.25, 0.3) is 0 Å². The smallest absolute Gasteiger partial charge is 0.339 e. The van der Waals surface area contributed by atoms with Crippen molar-refractivity contribution in [2.24, 2.45) is 0 Å². The van der Waals surface area contributed by atoms with Crippen LogP contribution in [0.1, 0.15) is 28.9 Å². The lowest BCUT2D eigenvalue weighted by molar-refractivity contribution is -0.138. The zero-order valence-electron chi connectivity index (χ0n) is 15.7. The van der Waals surface area contributed by atoms with Gasteiger partial charge in [0.15, 0.2) is 11.5 Å². The molecule has 0 aliphatic rings. The molecule has 0 unspecified atom stereocenters. The van der Waals surface area contributed by atoms with E-state index in [1.54, 1.807) is 38.4 Å². The highest BCUT2D eigenvalue weighted by molar-refractivity contribution is 6.32. The largest absolute Gasteiger partial charge is 0.493 e. The molecule has 0 aliphatic heterocycles. The van der Waals surface area contributed by atoms with Gasteiger partial charge in [-0.2, -0.15) is 0 Å². The molecule has 0 radical (unpaired) electrons. The molecule has 0 aliphatic carbocycles. The molecule has 0 fully saturated rings. The second-order valence-electron chi connectivity index (χ2n) is 5.85. The molecule has 0 aromatic heterocycles. The molecule has 2 aromatic rings. The Bertz CT molecular complexity index is 808. The maximum absolute atomic E-state index is 12.7. The van der Waals surface area contributed by atoms with Gasteiger partial charge < -0.3 is 19.1 Å². The summed E-state index contributed by atoms with van der Waals surface area (Å²) in [7, 11) is 4.65. The van der Waals surface area contributed by atoms with Crippen molar-refractivity contribution >= 4 is 23.5 Å². The number of carbonyl (C=O) groups excluding carboxylic acids is 2. The van der Waals surface area contributed by atoms with E-state index in [9.17, 15) is 9.59 Å². The molecule has 0 saturated carbocycles. The Morgan fingerprint density at radius 1 is 1.15 bits per heavy atom. The number of nitrogens with zero attached hydrogens (tertiary/aromatic N) is 1. The fraction of sp³-hybridized carbons (Fsp3) is 0.300. The van der Waals surface area contributed by atoms with Gasteiger partial charge in [0.2, 0.25) is 6.10 Å². The van der Waals surface area contributed by atoms with Crippen LogP contribution in [0.2, 0.25) is 5.02 Å². The van der Waals surface area contributed by atoms with Crippen molar-refractivity contribution in [3.8, 4) is 11.5 Å². The van der Waals surface area contributed by atoms with Crippen molar-refractivity contribution in [2.45, 2.75) is 13.0 Å². The van der Waals surface area contributed by atoms with Gasteiger partial charge in [-0.15, -0.1) is 0 Å². The van der Waals surface area contributed by atoms with Crippen LogP contribution in [-0.2, 0) is 9.53 Å². The van der Waals surface area contributed by atoms with Crippen molar-refractivity contribution in [2.75, 3.05) is 27.8 Å². The lowest BCUT2D eigenvalue weighted by Gasteiger charge is -2.21. The predicted octanol–water partition coefficient (Wildman–Crippen LogP) is 3.73. The highest BCUT2D eigenvalue weighted by Crippen LogP contribution is 2.37. The molecule has 0 N–H and O–H groups in total. The maximum atomic E-state index is 12.7. The predicted molar refractivity (Wildman–Crippen MR) is 102 cm³/mol. The fourth-order valence-electron chi connectivity index (χ4n) is 2.42.